The molecule has 1 aromatic carbocycles. The summed E-state index contributed by atoms with van der Waals surface area (Å²) in [6, 6.07) is 16.3. The lowest BCUT2D eigenvalue weighted by atomic mass is 10.1. The van der Waals surface area contributed by atoms with Gasteiger partial charge in [-0.15, -0.1) is 0 Å². The van der Waals surface area contributed by atoms with E-state index in [1.807, 2.05) is 52.9 Å². The van der Waals surface area contributed by atoms with E-state index < -0.39 is 0 Å². The smallest absolute Gasteiger partial charge is 0.160 e. The zero-order chi connectivity index (χ0) is 22.4. The molecule has 0 bridgehead atoms. The normalized spacial score (nSPS) is 14.3. The first-order valence-electron chi connectivity index (χ1n) is 11.0. The topological polar surface area (TPSA) is 78.3 Å². The maximum atomic E-state index is 5.57. The quantitative estimate of drug-likeness (QED) is 0.427. The minimum Gasteiger partial charge on any atom is -0.378 e. The Labute approximate surface area is 190 Å². The van der Waals surface area contributed by atoms with Crippen molar-refractivity contribution in [2.24, 2.45) is 7.05 Å². The van der Waals surface area contributed by atoms with Crippen LogP contribution in [-0.2, 0) is 11.8 Å². The zero-order valence-electron chi connectivity index (χ0n) is 18.6. The number of aromatic nitrogens is 7. The van der Waals surface area contributed by atoms with E-state index in [2.05, 4.69) is 41.2 Å². The van der Waals surface area contributed by atoms with E-state index >= 15 is 0 Å². The summed E-state index contributed by atoms with van der Waals surface area (Å²) >= 11 is 0. The van der Waals surface area contributed by atoms with Gasteiger partial charge in [0.25, 0.3) is 0 Å². The van der Waals surface area contributed by atoms with Crippen LogP contribution in [0.1, 0.15) is 5.56 Å². The van der Waals surface area contributed by atoms with Crippen molar-refractivity contribution in [3.05, 3.63) is 66.5 Å². The number of nitrogens with zero attached hydrogens (tertiary/aromatic N) is 8. The number of aryl methyl sites for hydroxylation is 2. The molecule has 1 saturated heterocycles. The number of ether oxygens (including phenoxy) is 1. The van der Waals surface area contributed by atoms with E-state index in [9.17, 15) is 0 Å². The number of benzene rings is 1. The van der Waals surface area contributed by atoms with Gasteiger partial charge in [-0.2, -0.15) is 19.8 Å². The van der Waals surface area contributed by atoms with Gasteiger partial charge in [0.15, 0.2) is 11.5 Å². The molecular formula is C24H24N8O. The van der Waals surface area contributed by atoms with E-state index in [0.29, 0.717) is 13.2 Å². The maximum Gasteiger partial charge on any atom is 0.160 e. The van der Waals surface area contributed by atoms with Gasteiger partial charge in [0.05, 0.1) is 18.9 Å². The lowest BCUT2D eigenvalue weighted by Crippen LogP contribution is -2.37. The number of anilines is 1. The fourth-order valence-corrected chi connectivity index (χ4v) is 4.17. The van der Waals surface area contributed by atoms with Crippen molar-refractivity contribution in [2.45, 2.75) is 6.92 Å². The van der Waals surface area contributed by atoms with E-state index in [0.717, 1.165) is 53.0 Å². The molecule has 0 amide bonds. The van der Waals surface area contributed by atoms with Gasteiger partial charge < -0.3 is 9.64 Å². The van der Waals surface area contributed by atoms with E-state index in [1.54, 1.807) is 4.68 Å². The fraction of sp³-hybridized carbons (Fsp3) is 0.250. The van der Waals surface area contributed by atoms with Crippen LogP contribution in [0, 0.1) is 6.92 Å². The number of rotatable bonds is 4. The highest BCUT2D eigenvalue weighted by molar-refractivity contribution is 5.65. The molecule has 5 aromatic rings. The van der Waals surface area contributed by atoms with Gasteiger partial charge in [0.2, 0.25) is 0 Å². The molecule has 0 atom stereocenters. The molecule has 0 unspecified atom stereocenters. The second-order valence-electron chi connectivity index (χ2n) is 8.26. The summed E-state index contributed by atoms with van der Waals surface area (Å²) in [6.45, 7) is 5.05. The predicted octanol–water partition coefficient (Wildman–Crippen LogP) is 3.13. The molecule has 0 saturated carbocycles. The van der Waals surface area contributed by atoms with Gasteiger partial charge in [-0.05, 0) is 25.1 Å². The molecule has 166 valence electrons. The molecule has 0 radical (unpaired) electrons. The molecule has 1 fully saturated rings. The third kappa shape index (κ3) is 3.66. The number of hydrogen-bond acceptors (Lipinski definition) is 6. The van der Waals surface area contributed by atoms with E-state index in [4.69, 9.17) is 19.9 Å². The third-order valence-electron chi connectivity index (χ3n) is 5.84. The Morgan fingerprint density at radius 2 is 1.70 bits per heavy atom. The average molecular weight is 441 g/mol. The summed E-state index contributed by atoms with van der Waals surface area (Å²) in [5, 5.41) is 14.2. The lowest BCUT2D eigenvalue weighted by Gasteiger charge is -2.29. The van der Waals surface area contributed by atoms with Crippen molar-refractivity contribution in [1.82, 2.24) is 34.2 Å². The molecule has 0 N–H and O–H groups in total. The van der Waals surface area contributed by atoms with Gasteiger partial charge >= 0.3 is 0 Å². The maximum absolute atomic E-state index is 5.57. The lowest BCUT2D eigenvalue weighted by molar-refractivity contribution is 0.122. The predicted molar refractivity (Wildman–Crippen MR) is 126 cm³/mol. The summed E-state index contributed by atoms with van der Waals surface area (Å²) in [5.74, 6) is 1.71. The van der Waals surface area contributed by atoms with Gasteiger partial charge in [-0.1, -0.05) is 23.8 Å². The molecule has 0 aliphatic carbocycles. The van der Waals surface area contributed by atoms with Crippen LogP contribution in [0.3, 0.4) is 0 Å². The minimum absolute atomic E-state index is 0.687. The monoisotopic (exact) mass is 440 g/mol. The molecule has 0 spiro atoms. The molecule has 1 aliphatic rings. The molecule has 4 aromatic heterocycles. The SMILES string of the molecule is Cc1cccc(-c2ccn(-c3cc(N4CCOCC4)n4nc(-c5ccn(C)n5)cc4n3)n2)c1. The second kappa shape index (κ2) is 7.86. The van der Waals surface area contributed by atoms with Crippen LogP contribution in [0.25, 0.3) is 34.1 Å². The van der Waals surface area contributed by atoms with Gasteiger partial charge in [0.1, 0.15) is 17.2 Å². The first-order chi connectivity index (χ1) is 16.1. The Hall–Kier alpha value is -3.98. The van der Waals surface area contributed by atoms with Crippen molar-refractivity contribution >= 4 is 11.5 Å². The van der Waals surface area contributed by atoms with Crippen molar-refractivity contribution in [3.8, 4) is 28.5 Å². The first kappa shape index (κ1) is 19.7. The Bertz CT molecular complexity index is 1440. The number of morpholine rings is 1. The highest BCUT2D eigenvalue weighted by Crippen LogP contribution is 2.26. The van der Waals surface area contributed by atoms with Crippen molar-refractivity contribution in [1.29, 1.82) is 0 Å². The van der Waals surface area contributed by atoms with Crippen LogP contribution in [0.4, 0.5) is 5.82 Å². The Kier molecular flexibility index (Phi) is 4.69. The van der Waals surface area contributed by atoms with E-state index in [1.165, 1.54) is 5.56 Å². The van der Waals surface area contributed by atoms with Crippen LogP contribution in [0.5, 0.6) is 0 Å². The largest absolute Gasteiger partial charge is 0.378 e. The molecule has 9 nitrogen and oxygen atoms in total. The van der Waals surface area contributed by atoms with E-state index in [-0.39, 0.29) is 0 Å². The summed E-state index contributed by atoms with van der Waals surface area (Å²) in [7, 11) is 1.90. The fourth-order valence-electron chi connectivity index (χ4n) is 4.17. The summed E-state index contributed by atoms with van der Waals surface area (Å²) in [6.07, 6.45) is 3.87. The Morgan fingerprint density at radius 3 is 2.48 bits per heavy atom. The molecule has 9 heteroatoms. The van der Waals surface area contributed by atoms with Crippen LogP contribution in [0.2, 0.25) is 0 Å². The first-order valence-corrected chi connectivity index (χ1v) is 11.0. The molecule has 33 heavy (non-hydrogen) atoms. The Morgan fingerprint density at radius 1 is 0.848 bits per heavy atom. The average Bonchev–Trinajstić information content (AvgIpc) is 3.58. The van der Waals surface area contributed by atoms with Gasteiger partial charge in [-0.25, -0.2) is 9.67 Å². The summed E-state index contributed by atoms with van der Waals surface area (Å²) < 4.78 is 11.1. The summed E-state index contributed by atoms with van der Waals surface area (Å²) in [5.41, 5.74) is 5.56. The standard InChI is InChI=1S/C24H24N8O/c1-17-4-3-5-18(14-17)19-7-9-31(27-19)22-16-24(30-10-12-33-13-11-30)32-23(25-22)15-21(28-32)20-6-8-29(2)26-20/h3-9,14-16H,10-13H2,1-2H3. The van der Waals surface area contributed by atoms with Crippen LogP contribution < -0.4 is 4.90 Å². The van der Waals surface area contributed by atoms with Crippen LogP contribution in [0.15, 0.2) is 60.9 Å². The summed E-state index contributed by atoms with van der Waals surface area (Å²) in [4.78, 5) is 7.17. The Balaban J connectivity index is 1.47. The van der Waals surface area contributed by atoms with Crippen molar-refractivity contribution in [3.63, 3.8) is 0 Å². The van der Waals surface area contributed by atoms with Crippen molar-refractivity contribution < 1.29 is 4.74 Å². The highest BCUT2D eigenvalue weighted by atomic mass is 16.5. The number of hydrogen-bond donors (Lipinski definition) is 0. The zero-order valence-corrected chi connectivity index (χ0v) is 18.6. The molecule has 1 aliphatic heterocycles. The third-order valence-corrected chi connectivity index (χ3v) is 5.84. The van der Waals surface area contributed by atoms with Crippen LogP contribution >= 0.6 is 0 Å². The highest BCUT2D eigenvalue weighted by Gasteiger charge is 2.20. The molecular weight excluding hydrogens is 416 g/mol. The minimum atomic E-state index is 0.687. The van der Waals surface area contributed by atoms with Gasteiger partial charge in [-0.3, -0.25) is 4.68 Å². The molecule has 5 heterocycles. The van der Waals surface area contributed by atoms with Crippen molar-refractivity contribution in [2.75, 3.05) is 31.2 Å². The van der Waals surface area contributed by atoms with Gasteiger partial charge in [0, 0.05) is 50.2 Å². The van der Waals surface area contributed by atoms with Crippen LogP contribution in [-0.4, -0.2) is 60.5 Å². The number of fused-ring (bicyclic) bond motifs is 1. The molecule has 6 rings (SSSR count). The second-order valence-corrected chi connectivity index (χ2v) is 8.26.